The number of hydrazone groups is 1. The Labute approximate surface area is 204 Å². The highest BCUT2D eigenvalue weighted by Crippen LogP contribution is 2.35. The zero-order valence-electron chi connectivity index (χ0n) is 18.7. The summed E-state index contributed by atoms with van der Waals surface area (Å²) in [5, 5.41) is 15.6. The van der Waals surface area contributed by atoms with Crippen LogP contribution in [0.3, 0.4) is 0 Å². The van der Waals surface area contributed by atoms with Gasteiger partial charge in [0.05, 0.1) is 12.0 Å². The van der Waals surface area contributed by atoms with Gasteiger partial charge in [0.2, 0.25) is 5.89 Å². The van der Waals surface area contributed by atoms with Gasteiger partial charge in [0.15, 0.2) is 5.76 Å². The Morgan fingerprint density at radius 1 is 1.06 bits per heavy atom. The summed E-state index contributed by atoms with van der Waals surface area (Å²) in [4.78, 5) is 13.2. The summed E-state index contributed by atoms with van der Waals surface area (Å²) in [7, 11) is 0. The maximum absolute atomic E-state index is 13.2. The van der Waals surface area contributed by atoms with Crippen molar-refractivity contribution >= 4 is 34.3 Å². The van der Waals surface area contributed by atoms with Gasteiger partial charge in [-0.2, -0.15) is 5.10 Å². The molecule has 1 aliphatic rings. The Kier molecular flexibility index (Phi) is 5.46. The molecule has 6 rings (SSSR count). The van der Waals surface area contributed by atoms with Crippen LogP contribution in [-0.2, 0) is 4.79 Å². The second kappa shape index (κ2) is 8.92. The van der Waals surface area contributed by atoms with Crippen molar-refractivity contribution in [3.8, 4) is 11.5 Å². The number of hydrogen-bond donors (Lipinski definition) is 0. The lowest BCUT2D eigenvalue weighted by Crippen LogP contribution is -2.28. The van der Waals surface area contributed by atoms with Crippen LogP contribution in [0.25, 0.3) is 22.4 Å². The summed E-state index contributed by atoms with van der Waals surface area (Å²) in [6.45, 7) is 1.98. The Morgan fingerprint density at radius 2 is 1.91 bits per heavy atom. The number of para-hydroxylation sites is 1. The minimum Gasteiger partial charge on any atom is -0.467 e. The molecular weight excluding hydrogens is 464 g/mol. The highest BCUT2D eigenvalue weighted by Gasteiger charge is 2.36. The molecule has 0 saturated carbocycles. The van der Waals surface area contributed by atoms with E-state index < -0.39 is 0 Å². The normalized spacial score (nSPS) is 15.6. The molecule has 1 aliphatic heterocycles. The fourth-order valence-corrected chi connectivity index (χ4v) is 4.71. The summed E-state index contributed by atoms with van der Waals surface area (Å²) in [5.41, 5.74) is 3.38. The van der Waals surface area contributed by atoms with Gasteiger partial charge in [-0.3, -0.25) is 4.79 Å². The van der Waals surface area contributed by atoms with Gasteiger partial charge in [-0.15, -0.1) is 10.2 Å². The largest absolute Gasteiger partial charge is 0.467 e. The van der Waals surface area contributed by atoms with E-state index in [1.807, 2.05) is 67.6 Å². The Bertz CT molecular complexity index is 1500. The average molecular weight is 485 g/mol. The number of carbonyl (C=O) groups excluding carboxylic acids is 1. The van der Waals surface area contributed by atoms with Crippen molar-refractivity contribution in [2.24, 2.45) is 5.10 Å². The molecule has 1 atom stereocenters. The van der Waals surface area contributed by atoms with Gasteiger partial charge < -0.3 is 13.3 Å². The van der Waals surface area contributed by atoms with Crippen LogP contribution < -0.4 is 0 Å². The second-order valence-electron chi connectivity index (χ2n) is 8.15. The molecule has 9 heteroatoms. The molecule has 4 heterocycles. The number of amides is 1. The average Bonchev–Trinajstić information content (AvgIpc) is 3.67. The number of nitrogens with zero attached hydrogens (tertiary/aromatic N) is 4. The smallest absolute Gasteiger partial charge is 0.277 e. The molecule has 0 radical (unpaired) electrons. The fraction of sp³-hybridized carbons (Fsp3) is 0.154. The molecule has 3 aromatic heterocycles. The van der Waals surface area contributed by atoms with Crippen LogP contribution >= 0.6 is 11.8 Å². The summed E-state index contributed by atoms with van der Waals surface area (Å²) in [5.74, 6) is 1.63. The van der Waals surface area contributed by atoms with Crippen LogP contribution in [0.5, 0.6) is 0 Å². The van der Waals surface area contributed by atoms with Crippen LogP contribution in [0.2, 0.25) is 0 Å². The van der Waals surface area contributed by atoms with Gasteiger partial charge in [0, 0.05) is 17.4 Å². The molecule has 0 saturated heterocycles. The van der Waals surface area contributed by atoms with E-state index >= 15 is 0 Å². The second-order valence-corrected chi connectivity index (χ2v) is 9.07. The fourth-order valence-electron chi connectivity index (χ4n) is 4.10. The van der Waals surface area contributed by atoms with Gasteiger partial charge >= 0.3 is 0 Å². The first kappa shape index (κ1) is 21.4. The van der Waals surface area contributed by atoms with Crippen LogP contribution in [0.15, 0.2) is 96.6 Å². The number of hydrogen-bond acceptors (Lipinski definition) is 8. The van der Waals surface area contributed by atoms with E-state index in [9.17, 15) is 4.79 Å². The number of carbonyl (C=O) groups is 1. The lowest BCUT2D eigenvalue weighted by molar-refractivity contribution is -0.130. The van der Waals surface area contributed by atoms with E-state index in [4.69, 9.17) is 13.3 Å². The molecule has 0 fully saturated rings. The molecule has 8 nitrogen and oxygen atoms in total. The van der Waals surface area contributed by atoms with Crippen LogP contribution in [0.4, 0.5) is 0 Å². The van der Waals surface area contributed by atoms with Crippen molar-refractivity contribution in [2.45, 2.75) is 24.6 Å². The van der Waals surface area contributed by atoms with Crippen LogP contribution in [-0.4, -0.2) is 32.6 Å². The SMILES string of the molecule is Cc1ccccc1-c1nnc(SCC(=O)N2N=C(c3cc4ccccc4o3)CC2c2ccco2)o1. The van der Waals surface area contributed by atoms with Crippen molar-refractivity contribution in [1.82, 2.24) is 15.2 Å². The first-order chi connectivity index (χ1) is 17.2. The molecule has 0 spiro atoms. The standard InChI is InChI=1S/C26H20N4O4S/c1-16-7-2-4-9-18(16)25-27-28-26(34-25)35-15-24(31)30-20(22-11-6-12-32-22)14-19(29-30)23-13-17-8-3-5-10-21(17)33-23/h2-13,20H,14-15H2,1H3. The third kappa shape index (κ3) is 4.15. The summed E-state index contributed by atoms with van der Waals surface area (Å²) < 4.78 is 17.4. The van der Waals surface area contributed by atoms with Gasteiger partial charge in [0.25, 0.3) is 11.1 Å². The zero-order chi connectivity index (χ0) is 23.8. The molecule has 5 aromatic rings. The Balaban J connectivity index is 1.22. The van der Waals surface area contributed by atoms with E-state index in [1.54, 1.807) is 12.3 Å². The zero-order valence-corrected chi connectivity index (χ0v) is 19.6. The van der Waals surface area contributed by atoms with Gasteiger partial charge in [-0.25, -0.2) is 5.01 Å². The van der Waals surface area contributed by atoms with Crippen molar-refractivity contribution in [2.75, 3.05) is 5.75 Å². The number of thioether (sulfide) groups is 1. The third-order valence-corrected chi connectivity index (χ3v) is 6.65. The van der Waals surface area contributed by atoms with E-state index in [-0.39, 0.29) is 17.7 Å². The van der Waals surface area contributed by atoms with Crippen molar-refractivity contribution in [3.05, 3.63) is 90.1 Å². The predicted molar refractivity (Wildman–Crippen MR) is 131 cm³/mol. The Hall–Kier alpha value is -4.11. The molecule has 0 aliphatic carbocycles. The monoisotopic (exact) mass is 484 g/mol. The van der Waals surface area contributed by atoms with Crippen LogP contribution in [0, 0.1) is 6.92 Å². The number of furan rings is 2. The van der Waals surface area contributed by atoms with Gasteiger partial charge in [-0.05, 0) is 42.8 Å². The first-order valence-corrected chi connectivity index (χ1v) is 12.1. The maximum atomic E-state index is 13.2. The highest BCUT2D eigenvalue weighted by molar-refractivity contribution is 7.99. The lowest BCUT2D eigenvalue weighted by atomic mass is 10.1. The quantitative estimate of drug-likeness (QED) is 0.279. The number of rotatable bonds is 6. The number of aromatic nitrogens is 2. The molecule has 1 unspecified atom stereocenters. The molecule has 0 N–H and O–H groups in total. The maximum Gasteiger partial charge on any atom is 0.277 e. The highest BCUT2D eigenvalue weighted by atomic mass is 32.2. The first-order valence-electron chi connectivity index (χ1n) is 11.1. The molecular formula is C26H20N4O4S. The predicted octanol–water partition coefficient (Wildman–Crippen LogP) is 5.85. The van der Waals surface area contributed by atoms with Gasteiger partial charge in [0.1, 0.15) is 23.1 Å². The van der Waals surface area contributed by atoms with E-state index in [2.05, 4.69) is 15.3 Å². The summed E-state index contributed by atoms with van der Waals surface area (Å²) in [6, 6.07) is 20.8. The molecule has 0 bridgehead atoms. The van der Waals surface area contributed by atoms with Crippen molar-refractivity contribution < 1.29 is 18.0 Å². The number of aryl methyl sites for hydroxylation is 1. The summed E-state index contributed by atoms with van der Waals surface area (Å²) in [6.07, 6.45) is 2.08. The molecule has 1 amide bonds. The van der Waals surface area contributed by atoms with Crippen molar-refractivity contribution in [3.63, 3.8) is 0 Å². The van der Waals surface area contributed by atoms with Crippen molar-refractivity contribution in [1.29, 1.82) is 0 Å². The minimum absolute atomic E-state index is 0.0868. The Morgan fingerprint density at radius 3 is 2.74 bits per heavy atom. The number of fused-ring (bicyclic) bond motifs is 1. The lowest BCUT2D eigenvalue weighted by Gasteiger charge is -2.19. The summed E-state index contributed by atoms with van der Waals surface area (Å²) >= 11 is 1.18. The van der Waals surface area contributed by atoms with Crippen LogP contribution in [0.1, 0.15) is 29.5 Å². The number of benzene rings is 2. The van der Waals surface area contributed by atoms with Gasteiger partial charge in [-0.1, -0.05) is 48.2 Å². The molecule has 2 aromatic carbocycles. The topological polar surface area (TPSA) is 97.9 Å². The van der Waals surface area contributed by atoms with E-state index in [1.165, 1.54) is 16.8 Å². The third-order valence-electron chi connectivity index (χ3n) is 5.85. The van der Waals surface area contributed by atoms with E-state index in [0.29, 0.717) is 34.8 Å². The molecule has 35 heavy (non-hydrogen) atoms. The van der Waals surface area contributed by atoms with E-state index in [0.717, 1.165) is 22.1 Å². The minimum atomic E-state index is -0.355. The molecule has 174 valence electrons.